The summed E-state index contributed by atoms with van der Waals surface area (Å²) in [5, 5.41) is 8.08. The second-order valence-corrected chi connectivity index (χ2v) is 5.38. The quantitative estimate of drug-likeness (QED) is 0.506. The number of rotatable bonds is 7. The molecule has 3 heterocycles. The van der Waals surface area contributed by atoms with Gasteiger partial charge < -0.3 is 4.74 Å². The molecule has 9 nitrogen and oxygen atoms in total. The Balaban J connectivity index is 1.70. The van der Waals surface area contributed by atoms with E-state index < -0.39 is 5.91 Å². The number of nitrogens with one attached hydrogen (secondary N) is 1. The van der Waals surface area contributed by atoms with E-state index in [-0.39, 0.29) is 5.69 Å². The van der Waals surface area contributed by atoms with E-state index in [1.165, 1.54) is 12.4 Å². The number of amides is 1. The molecule has 0 saturated heterocycles. The minimum Gasteiger partial charge on any atom is -0.478 e. The van der Waals surface area contributed by atoms with Crippen molar-refractivity contribution in [3.63, 3.8) is 0 Å². The summed E-state index contributed by atoms with van der Waals surface area (Å²) in [6, 6.07) is 5.36. The number of hydrogen-bond acceptors (Lipinski definition) is 7. The maximum atomic E-state index is 12.3. The molecule has 1 amide bonds. The summed E-state index contributed by atoms with van der Waals surface area (Å²) in [7, 11) is 0. The van der Waals surface area contributed by atoms with Gasteiger partial charge in [0.25, 0.3) is 5.91 Å². The average Bonchev–Trinajstić information content (AvgIpc) is 3.16. The van der Waals surface area contributed by atoms with E-state index in [0.29, 0.717) is 24.7 Å². The number of pyridine rings is 1. The van der Waals surface area contributed by atoms with Crippen molar-refractivity contribution < 1.29 is 9.53 Å². The average molecular weight is 365 g/mol. The van der Waals surface area contributed by atoms with Gasteiger partial charge in [-0.1, -0.05) is 0 Å². The molecule has 3 rings (SSSR count). The summed E-state index contributed by atoms with van der Waals surface area (Å²) in [5.41, 5.74) is 4.66. The molecular formula is C18H19N7O2. The van der Waals surface area contributed by atoms with Crippen LogP contribution in [0.5, 0.6) is 5.88 Å². The molecule has 27 heavy (non-hydrogen) atoms. The van der Waals surface area contributed by atoms with Gasteiger partial charge in [-0.05, 0) is 26.0 Å². The Kier molecular flexibility index (Phi) is 5.83. The van der Waals surface area contributed by atoms with E-state index in [4.69, 9.17) is 4.74 Å². The summed E-state index contributed by atoms with van der Waals surface area (Å²) in [6.45, 7) is 5.12. The Morgan fingerprint density at radius 1 is 1.26 bits per heavy atom. The maximum Gasteiger partial charge on any atom is 0.291 e. The first-order valence-electron chi connectivity index (χ1n) is 8.47. The lowest BCUT2D eigenvalue weighted by molar-refractivity contribution is 0.0950. The van der Waals surface area contributed by atoms with E-state index in [9.17, 15) is 4.79 Å². The van der Waals surface area contributed by atoms with Crippen LogP contribution in [0.15, 0.2) is 48.1 Å². The zero-order valence-corrected chi connectivity index (χ0v) is 15.0. The van der Waals surface area contributed by atoms with Crippen LogP contribution in [0.25, 0.3) is 11.3 Å². The molecule has 3 aromatic rings. The zero-order valence-electron chi connectivity index (χ0n) is 15.0. The molecule has 0 radical (unpaired) electrons. The van der Waals surface area contributed by atoms with Gasteiger partial charge in [0.15, 0.2) is 0 Å². The Labute approximate surface area is 156 Å². The first kappa shape index (κ1) is 18.2. The third kappa shape index (κ3) is 4.51. The Morgan fingerprint density at radius 2 is 2.15 bits per heavy atom. The lowest BCUT2D eigenvalue weighted by atomic mass is 10.2. The number of carbonyl (C=O) groups excluding carboxylic acids is 1. The number of hydrazone groups is 1. The Hall–Kier alpha value is -3.62. The first-order chi connectivity index (χ1) is 13.2. The molecule has 0 unspecified atom stereocenters. The predicted molar refractivity (Wildman–Crippen MR) is 99.4 cm³/mol. The van der Waals surface area contributed by atoms with Gasteiger partial charge in [0.2, 0.25) is 5.88 Å². The monoisotopic (exact) mass is 365 g/mol. The minimum atomic E-state index is -0.456. The van der Waals surface area contributed by atoms with Crippen LogP contribution < -0.4 is 10.2 Å². The van der Waals surface area contributed by atoms with E-state index >= 15 is 0 Å². The summed E-state index contributed by atoms with van der Waals surface area (Å²) in [5.74, 6) is 0.0748. The summed E-state index contributed by atoms with van der Waals surface area (Å²) in [4.78, 5) is 24.9. The molecule has 0 aliphatic rings. The molecule has 0 atom stereocenters. The van der Waals surface area contributed by atoms with Crippen LogP contribution >= 0.6 is 0 Å². The number of aromatic nitrogens is 5. The SMILES string of the molecule is CCOc1ccc(-c2cncc(C(=O)N/N=C/c3ccnn3CC)n2)cn1. The molecule has 0 aliphatic carbocycles. The highest BCUT2D eigenvalue weighted by Gasteiger charge is 2.10. The van der Waals surface area contributed by atoms with Gasteiger partial charge in [0.05, 0.1) is 36.6 Å². The molecule has 1 N–H and O–H groups in total. The predicted octanol–water partition coefficient (Wildman–Crippen LogP) is 1.92. The standard InChI is InChI=1S/C18H19N7O2/c1-3-25-14(7-8-22-25)10-21-24-18(26)16-12-19-11-15(23-16)13-5-6-17(20-9-13)27-4-2/h5-12H,3-4H2,1-2H3,(H,24,26)/b21-10+. The Bertz CT molecular complexity index is 935. The smallest absolute Gasteiger partial charge is 0.291 e. The van der Waals surface area contributed by atoms with Gasteiger partial charge in [-0.25, -0.2) is 15.4 Å². The molecule has 0 aromatic carbocycles. The number of ether oxygens (including phenoxy) is 1. The van der Waals surface area contributed by atoms with Crippen molar-refractivity contribution in [2.24, 2.45) is 5.10 Å². The van der Waals surface area contributed by atoms with E-state index in [2.05, 4.69) is 30.6 Å². The van der Waals surface area contributed by atoms with Gasteiger partial charge in [-0.15, -0.1) is 0 Å². The number of aryl methyl sites for hydroxylation is 1. The van der Waals surface area contributed by atoms with Crippen LogP contribution in [0.2, 0.25) is 0 Å². The molecule has 0 fully saturated rings. The van der Waals surface area contributed by atoms with Crippen LogP contribution in [0.1, 0.15) is 30.0 Å². The molecule has 0 saturated carbocycles. The largest absolute Gasteiger partial charge is 0.478 e. The maximum absolute atomic E-state index is 12.3. The van der Waals surface area contributed by atoms with Gasteiger partial charge in [-0.3, -0.25) is 14.5 Å². The first-order valence-corrected chi connectivity index (χ1v) is 8.47. The minimum absolute atomic E-state index is 0.155. The third-order valence-corrected chi connectivity index (χ3v) is 3.60. The third-order valence-electron chi connectivity index (χ3n) is 3.60. The topological polar surface area (TPSA) is 107 Å². The van der Waals surface area contributed by atoms with Gasteiger partial charge in [0.1, 0.15) is 5.69 Å². The van der Waals surface area contributed by atoms with Crippen LogP contribution in [0.3, 0.4) is 0 Å². The number of carbonyl (C=O) groups is 1. The molecule has 0 bridgehead atoms. The lowest BCUT2D eigenvalue weighted by Crippen LogP contribution is -2.19. The number of hydrogen-bond donors (Lipinski definition) is 1. The molecule has 9 heteroatoms. The fourth-order valence-electron chi connectivity index (χ4n) is 2.31. The van der Waals surface area contributed by atoms with Crippen LogP contribution in [0, 0.1) is 0 Å². The molecule has 138 valence electrons. The van der Waals surface area contributed by atoms with Crippen LogP contribution in [0.4, 0.5) is 0 Å². The molecule has 0 aliphatic heterocycles. The second kappa shape index (κ2) is 8.65. The zero-order chi connectivity index (χ0) is 19.1. The van der Waals surface area contributed by atoms with Crippen LogP contribution in [-0.4, -0.2) is 43.5 Å². The number of nitrogens with zero attached hydrogens (tertiary/aromatic N) is 6. The van der Waals surface area contributed by atoms with Crippen LogP contribution in [-0.2, 0) is 6.54 Å². The van der Waals surface area contributed by atoms with Crippen molar-refractivity contribution in [2.75, 3.05) is 6.61 Å². The highest BCUT2D eigenvalue weighted by Crippen LogP contribution is 2.17. The van der Waals surface area contributed by atoms with Crippen molar-refractivity contribution in [1.29, 1.82) is 0 Å². The molecule has 3 aromatic heterocycles. The fourth-order valence-corrected chi connectivity index (χ4v) is 2.31. The van der Waals surface area contributed by atoms with Crippen molar-refractivity contribution in [3.05, 3.63) is 54.4 Å². The van der Waals surface area contributed by atoms with E-state index in [0.717, 1.165) is 11.3 Å². The summed E-state index contributed by atoms with van der Waals surface area (Å²) in [6.07, 6.45) is 7.78. The van der Waals surface area contributed by atoms with E-state index in [1.807, 2.05) is 19.9 Å². The highest BCUT2D eigenvalue weighted by atomic mass is 16.5. The Morgan fingerprint density at radius 3 is 2.89 bits per heavy atom. The van der Waals surface area contributed by atoms with Crippen molar-refractivity contribution in [1.82, 2.24) is 30.2 Å². The van der Waals surface area contributed by atoms with E-state index in [1.54, 1.807) is 35.4 Å². The summed E-state index contributed by atoms with van der Waals surface area (Å²) < 4.78 is 7.08. The van der Waals surface area contributed by atoms with Gasteiger partial charge in [-0.2, -0.15) is 10.2 Å². The van der Waals surface area contributed by atoms with Gasteiger partial charge in [0, 0.05) is 30.6 Å². The van der Waals surface area contributed by atoms with Crippen molar-refractivity contribution >= 4 is 12.1 Å². The lowest BCUT2D eigenvalue weighted by Gasteiger charge is -2.05. The fraction of sp³-hybridized carbons (Fsp3) is 0.222. The molecule has 0 spiro atoms. The highest BCUT2D eigenvalue weighted by molar-refractivity contribution is 5.93. The summed E-state index contributed by atoms with van der Waals surface area (Å²) >= 11 is 0. The van der Waals surface area contributed by atoms with Gasteiger partial charge >= 0.3 is 0 Å². The van der Waals surface area contributed by atoms with Crippen molar-refractivity contribution in [2.45, 2.75) is 20.4 Å². The second-order valence-electron chi connectivity index (χ2n) is 5.38. The normalized spacial score (nSPS) is 10.9. The van der Waals surface area contributed by atoms with Crippen molar-refractivity contribution in [3.8, 4) is 17.1 Å². The molecular weight excluding hydrogens is 346 g/mol.